The Bertz CT molecular complexity index is 641. The first-order chi connectivity index (χ1) is 9.87. The van der Waals surface area contributed by atoms with Crippen molar-refractivity contribution in [2.45, 2.75) is 40.0 Å². The van der Waals surface area contributed by atoms with Gasteiger partial charge in [0.1, 0.15) is 17.3 Å². The molecule has 0 radical (unpaired) electrons. The van der Waals surface area contributed by atoms with Gasteiger partial charge in [0.2, 0.25) is 8.32 Å². The van der Waals surface area contributed by atoms with E-state index in [2.05, 4.69) is 47.2 Å². The quantitative estimate of drug-likeness (QED) is 0.615. The van der Waals surface area contributed by atoms with Crippen LogP contribution in [0.5, 0.6) is 5.75 Å². The maximum atomic E-state index is 6.18. The molecule has 0 bridgehead atoms. The average Bonchev–Trinajstić information content (AvgIpc) is 2.78. The van der Waals surface area contributed by atoms with Crippen LogP contribution in [0.3, 0.4) is 0 Å². The second-order valence-electron chi connectivity index (χ2n) is 6.08. The van der Waals surface area contributed by atoms with Gasteiger partial charge in [-0.3, -0.25) is 4.99 Å². The molecule has 0 aliphatic rings. The first-order valence-electron chi connectivity index (χ1n) is 7.16. The summed E-state index contributed by atoms with van der Waals surface area (Å²) >= 11 is 0. The van der Waals surface area contributed by atoms with Crippen molar-refractivity contribution in [2.75, 3.05) is 0 Å². The molecule has 2 rings (SSSR count). The van der Waals surface area contributed by atoms with Gasteiger partial charge in [-0.2, -0.15) is 0 Å². The molecule has 0 saturated heterocycles. The number of rotatable bonds is 5. The van der Waals surface area contributed by atoms with E-state index in [0.717, 1.165) is 22.8 Å². The third kappa shape index (κ3) is 4.29. The lowest BCUT2D eigenvalue weighted by molar-refractivity contribution is 0.554. The summed E-state index contributed by atoms with van der Waals surface area (Å²) in [7, 11) is -1.65. The van der Waals surface area contributed by atoms with Crippen molar-refractivity contribution in [1.29, 1.82) is 0 Å². The van der Waals surface area contributed by atoms with Gasteiger partial charge in [-0.15, -0.1) is 0 Å². The van der Waals surface area contributed by atoms with Crippen LogP contribution in [0.1, 0.15) is 11.4 Å². The van der Waals surface area contributed by atoms with Crippen molar-refractivity contribution >= 4 is 20.2 Å². The highest BCUT2D eigenvalue weighted by molar-refractivity contribution is 6.70. The Morgan fingerprint density at radius 1 is 1.29 bits per heavy atom. The van der Waals surface area contributed by atoms with Crippen molar-refractivity contribution in [2.24, 2.45) is 4.99 Å². The number of para-hydroxylation sites is 1. The van der Waals surface area contributed by atoms with E-state index in [1.165, 1.54) is 0 Å². The van der Waals surface area contributed by atoms with E-state index in [1.807, 2.05) is 31.5 Å². The molecule has 1 heterocycles. The van der Waals surface area contributed by atoms with Gasteiger partial charge in [0.15, 0.2) is 0 Å². The Morgan fingerprint density at radius 3 is 2.67 bits per heavy atom. The Labute approximate surface area is 127 Å². The molecule has 0 amide bonds. The van der Waals surface area contributed by atoms with Crippen LogP contribution in [-0.4, -0.2) is 24.1 Å². The summed E-state index contributed by atoms with van der Waals surface area (Å²) in [6.07, 6.45) is 5.66. The fourth-order valence-corrected chi connectivity index (χ4v) is 2.88. The second-order valence-corrected chi connectivity index (χ2v) is 10.5. The van der Waals surface area contributed by atoms with E-state index in [4.69, 9.17) is 4.43 Å². The van der Waals surface area contributed by atoms with Gasteiger partial charge < -0.3 is 8.99 Å². The van der Waals surface area contributed by atoms with Gasteiger partial charge >= 0.3 is 0 Å². The van der Waals surface area contributed by atoms with Crippen molar-refractivity contribution in [1.82, 2.24) is 9.55 Å². The molecule has 21 heavy (non-hydrogen) atoms. The average molecular weight is 301 g/mol. The van der Waals surface area contributed by atoms with Crippen molar-refractivity contribution in [3.63, 3.8) is 0 Å². The molecule has 0 aliphatic carbocycles. The highest BCUT2D eigenvalue weighted by Crippen LogP contribution is 2.32. The van der Waals surface area contributed by atoms with Crippen LogP contribution in [-0.2, 0) is 6.54 Å². The molecule has 1 aromatic carbocycles. The molecule has 0 atom stereocenters. The molecule has 0 spiro atoms. The fourth-order valence-electron chi connectivity index (χ4n) is 2.00. The number of aromatic nitrogens is 2. The van der Waals surface area contributed by atoms with E-state index in [0.29, 0.717) is 6.54 Å². The minimum Gasteiger partial charge on any atom is -0.543 e. The zero-order valence-electron chi connectivity index (χ0n) is 13.4. The highest BCUT2D eigenvalue weighted by Gasteiger charge is 2.19. The molecule has 112 valence electrons. The molecule has 4 nitrogen and oxygen atoms in total. The zero-order valence-corrected chi connectivity index (χ0v) is 14.4. The molecule has 0 N–H and O–H groups in total. The van der Waals surface area contributed by atoms with E-state index in [9.17, 15) is 0 Å². The molecule has 2 aromatic rings. The molecule has 5 heteroatoms. The van der Waals surface area contributed by atoms with E-state index >= 15 is 0 Å². The van der Waals surface area contributed by atoms with Gasteiger partial charge in [-0.1, -0.05) is 12.1 Å². The third-order valence-electron chi connectivity index (χ3n) is 3.03. The summed E-state index contributed by atoms with van der Waals surface area (Å²) in [5.41, 5.74) is 2.03. The Morgan fingerprint density at radius 2 is 2.05 bits per heavy atom. The normalized spacial score (nSPS) is 12.0. The number of nitrogens with zero attached hydrogens (tertiary/aromatic N) is 3. The largest absolute Gasteiger partial charge is 0.543 e. The lowest BCUT2D eigenvalue weighted by Crippen LogP contribution is -2.29. The summed E-state index contributed by atoms with van der Waals surface area (Å²) < 4.78 is 8.23. The molecule has 0 fully saturated rings. The first kappa shape index (κ1) is 15.5. The highest BCUT2D eigenvalue weighted by atomic mass is 28.4. The van der Waals surface area contributed by atoms with Crippen LogP contribution in [0.4, 0.5) is 5.69 Å². The van der Waals surface area contributed by atoms with E-state index in [1.54, 1.807) is 6.20 Å². The monoisotopic (exact) mass is 301 g/mol. The summed E-state index contributed by atoms with van der Waals surface area (Å²) in [5.74, 6) is 1.90. The number of hydrogen-bond acceptors (Lipinski definition) is 3. The van der Waals surface area contributed by atoms with Crippen LogP contribution in [0.25, 0.3) is 0 Å². The van der Waals surface area contributed by atoms with Crippen LogP contribution in [0.15, 0.2) is 35.6 Å². The number of benzene rings is 1. The zero-order chi connectivity index (χ0) is 15.5. The summed E-state index contributed by atoms with van der Waals surface area (Å²) in [5, 5.41) is 0. The molecule has 0 saturated carbocycles. The van der Waals surface area contributed by atoms with Gasteiger partial charge in [0, 0.05) is 18.6 Å². The van der Waals surface area contributed by atoms with Crippen molar-refractivity contribution in [3.05, 3.63) is 42.0 Å². The van der Waals surface area contributed by atoms with Crippen LogP contribution < -0.4 is 4.43 Å². The molecule has 1 aromatic heterocycles. The number of hydrogen-bond donors (Lipinski definition) is 0. The molecule has 0 aliphatic heterocycles. The van der Waals surface area contributed by atoms with Crippen LogP contribution in [0.2, 0.25) is 19.6 Å². The van der Waals surface area contributed by atoms with Gasteiger partial charge in [-0.25, -0.2) is 4.98 Å². The molecular weight excluding hydrogens is 278 g/mol. The smallest absolute Gasteiger partial charge is 0.242 e. The van der Waals surface area contributed by atoms with Gasteiger partial charge in [-0.05, 0) is 45.1 Å². The maximum absolute atomic E-state index is 6.18. The Kier molecular flexibility index (Phi) is 4.62. The lowest BCUT2D eigenvalue weighted by Gasteiger charge is -2.22. The maximum Gasteiger partial charge on any atom is 0.242 e. The number of aliphatic imine (C=N–C) groups is 1. The van der Waals surface area contributed by atoms with E-state index < -0.39 is 8.32 Å². The SMILES string of the molecule is Cc1cccc(N=CCn2ccnc2C)c1O[Si](C)(C)C. The standard InChI is InChI=1S/C16H23N3OSi/c1-13-7-6-8-15(16(13)20-21(3,4)5)18-10-12-19-11-9-17-14(19)2/h6-11H,12H2,1-5H3. The summed E-state index contributed by atoms with van der Waals surface area (Å²) in [6, 6.07) is 6.08. The minimum atomic E-state index is -1.65. The summed E-state index contributed by atoms with van der Waals surface area (Å²) in [4.78, 5) is 8.80. The van der Waals surface area contributed by atoms with Crippen LogP contribution in [0, 0.1) is 13.8 Å². The third-order valence-corrected chi connectivity index (χ3v) is 3.85. The second kappa shape index (κ2) is 6.26. The number of aryl methyl sites for hydroxylation is 2. The predicted octanol–water partition coefficient (Wildman–Crippen LogP) is 4.12. The lowest BCUT2D eigenvalue weighted by atomic mass is 10.2. The Hall–Kier alpha value is -1.88. The fraction of sp³-hybridized carbons (Fsp3) is 0.375. The molecule has 0 unspecified atom stereocenters. The van der Waals surface area contributed by atoms with Crippen molar-refractivity contribution in [3.8, 4) is 5.75 Å². The topological polar surface area (TPSA) is 39.4 Å². The summed E-state index contributed by atoms with van der Waals surface area (Å²) in [6.45, 7) is 11.3. The first-order valence-corrected chi connectivity index (χ1v) is 10.6. The molecular formula is C16H23N3OSi. The van der Waals surface area contributed by atoms with Crippen LogP contribution >= 0.6 is 0 Å². The number of imidazole rings is 1. The van der Waals surface area contributed by atoms with Crippen molar-refractivity contribution < 1.29 is 4.43 Å². The predicted molar refractivity (Wildman–Crippen MR) is 90.3 cm³/mol. The van der Waals surface area contributed by atoms with E-state index in [-0.39, 0.29) is 0 Å². The minimum absolute atomic E-state index is 0.714. The van der Waals surface area contributed by atoms with Gasteiger partial charge in [0.05, 0.1) is 6.54 Å². The van der Waals surface area contributed by atoms with Gasteiger partial charge in [0.25, 0.3) is 0 Å². The Balaban J connectivity index is 2.19.